The van der Waals surface area contributed by atoms with E-state index in [1.54, 1.807) is 19.2 Å². The fraction of sp³-hybridized carbons (Fsp3) is 0.364. The lowest BCUT2D eigenvalue weighted by Crippen LogP contribution is -2.09. The molecule has 0 spiro atoms. The molecule has 0 aliphatic rings. The number of hydrogen-bond acceptors (Lipinski definition) is 3. The smallest absolute Gasteiger partial charge is 0.341 e. The van der Waals surface area contributed by atoms with Gasteiger partial charge in [-0.1, -0.05) is 12.1 Å². The van der Waals surface area contributed by atoms with Gasteiger partial charge in [0.25, 0.3) is 0 Å². The van der Waals surface area contributed by atoms with E-state index in [9.17, 15) is 4.79 Å². The summed E-state index contributed by atoms with van der Waals surface area (Å²) in [6.07, 6.45) is 0.843. The van der Waals surface area contributed by atoms with Crippen molar-refractivity contribution in [3.8, 4) is 5.75 Å². The number of carboxylic acids is 1. The van der Waals surface area contributed by atoms with Gasteiger partial charge in [-0.3, -0.25) is 0 Å². The minimum atomic E-state index is -0.974. The number of benzene rings is 1. The molecule has 0 aromatic heterocycles. The van der Waals surface area contributed by atoms with E-state index in [0.717, 1.165) is 12.0 Å². The number of carbonyl (C=O) groups is 1. The van der Waals surface area contributed by atoms with Gasteiger partial charge in [-0.15, -0.1) is 0 Å². The molecule has 0 saturated carbocycles. The second-order valence-corrected chi connectivity index (χ2v) is 3.07. The van der Waals surface area contributed by atoms with E-state index in [2.05, 4.69) is 0 Å². The van der Waals surface area contributed by atoms with Crippen LogP contribution in [-0.4, -0.2) is 31.4 Å². The Morgan fingerprint density at radius 2 is 2.00 bits per heavy atom. The maximum absolute atomic E-state index is 10.2. The molecule has 0 unspecified atom stereocenters. The lowest BCUT2D eigenvalue weighted by molar-refractivity contribution is -0.139. The van der Waals surface area contributed by atoms with Crippen molar-refractivity contribution < 1.29 is 19.4 Å². The molecule has 0 bridgehead atoms. The Kier molecular flexibility index (Phi) is 4.63. The first-order valence-electron chi connectivity index (χ1n) is 4.65. The lowest BCUT2D eigenvalue weighted by Gasteiger charge is -2.04. The van der Waals surface area contributed by atoms with Gasteiger partial charge in [0.05, 0.1) is 6.61 Å². The summed E-state index contributed by atoms with van der Waals surface area (Å²) in [6, 6.07) is 7.31. The zero-order chi connectivity index (χ0) is 11.1. The summed E-state index contributed by atoms with van der Waals surface area (Å²) in [6.45, 7) is 0.368. The quantitative estimate of drug-likeness (QED) is 0.769. The number of hydrogen-bond donors (Lipinski definition) is 1. The second-order valence-electron chi connectivity index (χ2n) is 3.07. The molecule has 1 rings (SSSR count). The molecule has 4 heteroatoms. The van der Waals surface area contributed by atoms with Gasteiger partial charge in [-0.2, -0.15) is 0 Å². The molecule has 1 aromatic carbocycles. The Morgan fingerprint density at radius 1 is 1.33 bits per heavy atom. The van der Waals surface area contributed by atoms with Crippen molar-refractivity contribution in [2.45, 2.75) is 6.42 Å². The molecule has 0 aliphatic heterocycles. The SMILES string of the molecule is COCCc1ccc(OCC(=O)O)cc1. The Labute approximate surface area is 88.4 Å². The van der Waals surface area contributed by atoms with Crippen molar-refractivity contribution in [1.29, 1.82) is 0 Å². The number of aliphatic carboxylic acids is 1. The molecule has 0 atom stereocenters. The molecular formula is C11H14O4. The normalized spacial score (nSPS) is 9.93. The van der Waals surface area contributed by atoms with Gasteiger partial charge < -0.3 is 14.6 Å². The minimum Gasteiger partial charge on any atom is -0.482 e. The maximum Gasteiger partial charge on any atom is 0.341 e. The van der Waals surface area contributed by atoms with Crippen LogP contribution >= 0.6 is 0 Å². The molecule has 0 saturated heterocycles. The first-order valence-corrected chi connectivity index (χ1v) is 4.65. The van der Waals surface area contributed by atoms with E-state index < -0.39 is 5.97 Å². The average molecular weight is 210 g/mol. The predicted octanol–water partition coefficient (Wildman–Crippen LogP) is 1.34. The molecule has 1 aromatic rings. The monoisotopic (exact) mass is 210 g/mol. The minimum absolute atomic E-state index is 0.308. The molecule has 0 heterocycles. The van der Waals surface area contributed by atoms with E-state index >= 15 is 0 Å². The highest BCUT2D eigenvalue weighted by atomic mass is 16.5. The van der Waals surface area contributed by atoms with Gasteiger partial charge >= 0.3 is 5.97 Å². The Bertz CT molecular complexity index is 305. The first kappa shape index (κ1) is 11.5. The van der Waals surface area contributed by atoms with Crippen molar-refractivity contribution in [2.24, 2.45) is 0 Å². The van der Waals surface area contributed by atoms with E-state index in [1.807, 2.05) is 12.1 Å². The number of methoxy groups -OCH3 is 1. The predicted molar refractivity (Wildman–Crippen MR) is 55.2 cm³/mol. The van der Waals surface area contributed by atoms with Crippen molar-refractivity contribution >= 4 is 5.97 Å². The third-order valence-corrected chi connectivity index (χ3v) is 1.88. The number of rotatable bonds is 6. The van der Waals surface area contributed by atoms with Crippen LogP contribution in [0.4, 0.5) is 0 Å². The van der Waals surface area contributed by atoms with Crippen LogP contribution in [0.3, 0.4) is 0 Å². The summed E-state index contributed by atoms with van der Waals surface area (Å²) in [5.74, 6) is -0.406. The summed E-state index contributed by atoms with van der Waals surface area (Å²) in [4.78, 5) is 10.2. The largest absolute Gasteiger partial charge is 0.482 e. The van der Waals surface area contributed by atoms with Gasteiger partial charge in [0.2, 0.25) is 0 Å². The van der Waals surface area contributed by atoms with Crippen molar-refractivity contribution in [1.82, 2.24) is 0 Å². The molecular weight excluding hydrogens is 196 g/mol. The van der Waals surface area contributed by atoms with Gasteiger partial charge in [-0.05, 0) is 24.1 Å². The Hall–Kier alpha value is -1.55. The standard InChI is InChI=1S/C11H14O4/c1-14-7-6-9-2-4-10(5-3-9)15-8-11(12)13/h2-5H,6-8H2,1H3,(H,12,13). The van der Waals surface area contributed by atoms with E-state index in [4.69, 9.17) is 14.6 Å². The summed E-state index contributed by atoms with van der Waals surface area (Å²) < 4.78 is 9.94. The van der Waals surface area contributed by atoms with Crippen molar-refractivity contribution in [3.63, 3.8) is 0 Å². The summed E-state index contributed by atoms with van der Waals surface area (Å²) in [5, 5.41) is 8.40. The van der Waals surface area contributed by atoms with E-state index in [-0.39, 0.29) is 6.61 Å². The summed E-state index contributed by atoms with van der Waals surface area (Å²) >= 11 is 0. The number of carboxylic acid groups (broad SMARTS) is 1. The molecule has 15 heavy (non-hydrogen) atoms. The zero-order valence-electron chi connectivity index (χ0n) is 8.60. The highest BCUT2D eigenvalue weighted by Crippen LogP contribution is 2.12. The molecule has 4 nitrogen and oxygen atoms in total. The van der Waals surface area contributed by atoms with E-state index in [0.29, 0.717) is 12.4 Å². The fourth-order valence-electron chi connectivity index (χ4n) is 1.12. The molecule has 0 aliphatic carbocycles. The lowest BCUT2D eigenvalue weighted by atomic mass is 10.1. The Balaban J connectivity index is 2.45. The van der Waals surface area contributed by atoms with Crippen LogP contribution in [-0.2, 0) is 16.0 Å². The molecule has 0 fully saturated rings. The summed E-state index contributed by atoms with van der Waals surface area (Å²) in [5.41, 5.74) is 1.14. The van der Waals surface area contributed by atoms with Crippen LogP contribution in [0.25, 0.3) is 0 Å². The Morgan fingerprint density at radius 3 is 2.53 bits per heavy atom. The van der Waals surface area contributed by atoms with Gasteiger partial charge in [0.1, 0.15) is 5.75 Å². The van der Waals surface area contributed by atoms with Gasteiger partial charge in [0.15, 0.2) is 6.61 Å². The van der Waals surface area contributed by atoms with Crippen LogP contribution in [0, 0.1) is 0 Å². The highest BCUT2D eigenvalue weighted by Gasteiger charge is 1.99. The molecule has 1 N–H and O–H groups in total. The highest BCUT2D eigenvalue weighted by molar-refractivity contribution is 5.68. The van der Waals surface area contributed by atoms with Crippen LogP contribution in [0.15, 0.2) is 24.3 Å². The fourth-order valence-corrected chi connectivity index (χ4v) is 1.12. The molecule has 0 amide bonds. The zero-order valence-corrected chi connectivity index (χ0v) is 8.60. The second kappa shape index (κ2) is 6.03. The molecule has 82 valence electrons. The van der Waals surface area contributed by atoms with Crippen LogP contribution in [0.5, 0.6) is 5.75 Å². The number of ether oxygens (including phenoxy) is 2. The van der Waals surface area contributed by atoms with Crippen LogP contribution in [0.1, 0.15) is 5.56 Å². The molecule has 0 radical (unpaired) electrons. The van der Waals surface area contributed by atoms with E-state index in [1.165, 1.54) is 0 Å². The van der Waals surface area contributed by atoms with Gasteiger partial charge in [0, 0.05) is 7.11 Å². The third-order valence-electron chi connectivity index (χ3n) is 1.88. The van der Waals surface area contributed by atoms with Gasteiger partial charge in [-0.25, -0.2) is 4.79 Å². The average Bonchev–Trinajstić information content (AvgIpc) is 2.25. The summed E-state index contributed by atoms with van der Waals surface area (Å²) in [7, 11) is 1.66. The van der Waals surface area contributed by atoms with Crippen molar-refractivity contribution in [3.05, 3.63) is 29.8 Å². The topological polar surface area (TPSA) is 55.8 Å². The maximum atomic E-state index is 10.2. The first-order chi connectivity index (χ1) is 7.22. The van der Waals surface area contributed by atoms with Crippen molar-refractivity contribution in [2.75, 3.05) is 20.3 Å². The van der Waals surface area contributed by atoms with Crippen LogP contribution in [0.2, 0.25) is 0 Å². The third kappa shape index (κ3) is 4.46. The van der Waals surface area contributed by atoms with Crippen LogP contribution < -0.4 is 4.74 Å².